The van der Waals surface area contributed by atoms with Gasteiger partial charge in [-0.05, 0) is 50.7 Å². The van der Waals surface area contributed by atoms with Gasteiger partial charge in [0.1, 0.15) is 0 Å². The molecule has 3 fully saturated rings. The number of nitrogens with zero attached hydrogens (tertiary/aromatic N) is 5. The first-order chi connectivity index (χ1) is 13.3. The van der Waals surface area contributed by atoms with Crippen LogP contribution in [0.4, 0.5) is 17.8 Å². The molecule has 0 spiro atoms. The highest BCUT2D eigenvalue weighted by Gasteiger charge is 2.21. The molecule has 0 bridgehead atoms. The Morgan fingerprint density at radius 3 is 1.89 bits per heavy atom. The third-order valence-corrected chi connectivity index (χ3v) is 5.84. The van der Waals surface area contributed by atoms with Crippen LogP contribution in [-0.2, 0) is 0 Å². The molecule has 3 heterocycles. The van der Waals surface area contributed by atoms with Gasteiger partial charge in [-0.25, -0.2) is 0 Å². The third-order valence-electron chi connectivity index (χ3n) is 5.62. The van der Waals surface area contributed by atoms with E-state index in [0.29, 0.717) is 17.1 Å². The van der Waals surface area contributed by atoms with Crippen LogP contribution in [0.1, 0.15) is 57.8 Å². The lowest BCUT2D eigenvalue weighted by Gasteiger charge is -2.24. The lowest BCUT2D eigenvalue weighted by atomic mass is 9.96. The smallest absolute Gasteiger partial charge is 0.248 e. The Morgan fingerprint density at radius 2 is 1.33 bits per heavy atom. The number of aromatic nitrogens is 3. The van der Waals surface area contributed by atoms with Crippen LogP contribution in [-0.4, -0.2) is 52.3 Å². The molecule has 2 saturated heterocycles. The number of hydrogen-bond acceptors (Lipinski definition) is 7. The number of nitrogens with one attached hydrogen (secondary N) is 3. The zero-order valence-corrected chi connectivity index (χ0v) is 16.7. The largest absolute Gasteiger partial charge is 0.359 e. The minimum atomic E-state index is 0.472. The van der Waals surface area contributed by atoms with Gasteiger partial charge < -0.3 is 15.1 Å². The van der Waals surface area contributed by atoms with E-state index in [1.165, 1.54) is 57.8 Å². The van der Waals surface area contributed by atoms with Crippen molar-refractivity contribution in [2.75, 3.05) is 41.4 Å². The number of hydrazine groups is 1. The van der Waals surface area contributed by atoms with Crippen molar-refractivity contribution in [1.29, 1.82) is 0 Å². The van der Waals surface area contributed by atoms with E-state index < -0.39 is 0 Å². The monoisotopic (exact) mass is 390 g/mol. The summed E-state index contributed by atoms with van der Waals surface area (Å²) in [5.74, 6) is 2.06. The van der Waals surface area contributed by atoms with Gasteiger partial charge in [0.15, 0.2) is 5.11 Å². The Balaban J connectivity index is 1.41. The summed E-state index contributed by atoms with van der Waals surface area (Å²) in [6, 6.07) is 0.472. The van der Waals surface area contributed by atoms with Crippen molar-refractivity contribution < 1.29 is 0 Å². The Bertz CT molecular complexity index is 602. The summed E-state index contributed by atoms with van der Waals surface area (Å²) >= 11 is 5.44. The molecular weight excluding hydrogens is 360 g/mol. The first-order valence-corrected chi connectivity index (χ1v) is 10.8. The molecule has 27 heavy (non-hydrogen) atoms. The van der Waals surface area contributed by atoms with Gasteiger partial charge >= 0.3 is 0 Å². The third kappa shape index (κ3) is 4.88. The van der Waals surface area contributed by atoms with Crippen molar-refractivity contribution in [3.63, 3.8) is 0 Å². The van der Waals surface area contributed by atoms with Crippen LogP contribution in [0.25, 0.3) is 0 Å². The Kier molecular flexibility index (Phi) is 6.06. The second-order valence-electron chi connectivity index (χ2n) is 7.71. The zero-order chi connectivity index (χ0) is 18.5. The van der Waals surface area contributed by atoms with E-state index in [-0.39, 0.29) is 0 Å². The molecule has 2 aliphatic heterocycles. The van der Waals surface area contributed by atoms with E-state index in [2.05, 4.69) is 35.9 Å². The van der Waals surface area contributed by atoms with Gasteiger partial charge in [0.05, 0.1) is 0 Å². The van der Waals surface area contributed by atoms with Crippen LogP contribution in [0, 0.1) is 0 Å². The maximum Gasteiger partial charge on any atom is 0.248 e. The highest BCUT2D eigenvalue weighted by atomic mass is 32.1. The number of rotatable bonds is 5. The quantitative estimate of drug-likeness (QED) is 0.518. The highest BCUT2D eigenvalue weighted by Crippen LogP contribution is 2.22. The number of anilines is 3. The van der Waals surface area contributed by atoms with Crippen molar-refractivity contribution in [3.8, 4) is 0 Å². The Hall–Kier alpha value is -1.90. The molecule has 9 heteroatoms. The van der Waals surface area contributed by atoms with Crippen molar-refractivity contribution in [1.82, 2.24) is 25.7 Å². The lowest BCUT2D eigenvalue weighted by Crippen LogP contribution is -2.45. The van der Waals surface area contributed by atoms with E-state index in [1.54, 1.807) is 0 Å². The normalized spacial score (nSPS) is 20.7. The summed E-state index contributed by atoms with van der Waals surface area (Å²) in [6.07, 6.45) is 11.0. The maximum atomic E-state index is 5.44. The van der Waals surface area contributed by atoms with Crippen LogP contribution in [0.3, 0.4) is 0 Å². The van der Waals surface area contributed by atoms with Crippen LogP contribution in [0.2, 0.25) is 0 Å². The SMILES string of the molecule is S=C(NNc1nc(N2CCCC2)nc(N2CCCC2)n1)NC1CCCCC1. The average Bonchev–Trinajstić information content (AvgIpc) is 3.41. The fraction of sp³-hybridized carbons (Fsp3) is 0.778. The van der Waals surface area contributed by atoms with Gasteiger partial charge in [0.2, 0.25) is 17.8 Å². The van der Waals surface area contributed by atoms with E-state index in [0.717, 1.165) is 38.1 Å². The molecule has 8 nitrogen and oxygen atoms in total. The summed E-state index contributed by atoms with van der Waals surface area (Å²) < 4.78 is 0. The first-order valence-electron chi connectivity index (χ1n) is 10.4. The average molecular weight is 391 g/mol. The van der Waals surface area contributed by atoms with Crippen molar-refractivity contribution in [2.45, 2.75) is 63.8 Å². The van der Waals surface area contributed by atoms with Crippen LogP contribution in [0.5, 0.6) is 0 Å². The molecule has 3 aliphatic rings. The molecule has 1 aromatic heterocycles. The molecule has 0 radical (unpaired) electrons. The van der Waals surface area contributed by atoms with Gasteiger partial charge in [-0.3, -0.25) is 10.9 Å². The van der Waals surface area contributed by atoms with Crippen LogP contribution < -0.4 is 26.0 Å². The Morgan fingerprint density at radius 1 is 0.778 bits per heavy atom. The molecule has 0 aromatic carbocycles. The van der Waals surface area contributed by atoms with Crippen molar-refractivity contribution in [3.05, 3.63) is 0 Å². The maximum absolute atomic E-state index is 5.44. The van der Waals surface area contributed by atoms with Gasteiger partial charge in [-0.15, -0.1) is 0 Å². The van der Waals surface area contributed by atoms with E-state index in [4.69, 9.17) is 17.2 Å². The van der Waals surface area contributed by atoms with E-state index in [1.807, 2.05) is 0 Å². The lowest BCUT2D eigenvalue weighted by molar-refractivity contribution is 0.412. The summed E-state index contributed by atoms with van der Waals surface area (Å²) in [5.41, 5.74) is 6.15. The summed E-state index contributed by atoms with van der Waals surface area (Å²) in [7, 11) is 0. The second kappa shape index (κ2) is 8.86. The van der Waals surface area contributed by atoms with Crippen molar-refractivity contribution in [2.24, 2.45) is 0 Å². The van der Waals surface area contributed by atoms with Crippen LogP contribution in [0.15, 0.2) is 0 Å². The van der Waals surface area contributed by atoms with Gasteiger partial charge in [-0.1, -0.05) is 19.3 Å². The molecule has 148 valence electrons. The molecule has 1 aliphatic carbocycles. The zero-order valence-electron chi connectivity index (χ0n) is 15.9. The molecule has 0 amide bonds. The molecule has 3 N–H and O–H groups in total. The molecule has 0 atom stereocenters. The number of thiocarbonyl (C=S) groups is 1. The molecular formula is C18H30N8S. The van der Waals surface area contributed by atoms with Crippen LogP contribution >= 0.6 is 12.2 Å². The van der Waals surface area contributed by atoms with Crippen molar-refractivity contribution >= 4 is 35.2 Å². The molecule has 1 aromatic rings. The predicted molar refractivity (Wildman–Crippen MR) is 112 cm³/mol. The molecule has 1 saturated carbocycles. The number of hydrogen-bond donors (Lipinski definition) is 3. The second-order valence-corrected chi connectivity index (χ2v) is 8.11. The highest BCUT2D eigenvalue weighted by molar-refractivity contribution is 7.80. The molecule has 0 unspecified atom stereocenters. The predicted octanol–water partition coefficient (Wildman–Crippen LogP) is 2.20. The standard InChI is InChI=1S/C18H30N8S/c27-18(19-14-8-2-1-3-9-14)24-23-15-20-16(25-10-4-5-11-25)22-17(21-15)26-12-6-7-13-26/h14H,1-13H2,(H2,19,24,27)(H,20,21,22,23). The Labute approximate surface area is 166 Å². The van der Waals surface area contributed by atoms with E-state index in [9.17, 15) is 0 Å². The van der Waals surface area contributed by atoms with Gasteiger partial charge in [0, 0.05) is 32.2 Å². The van der Waals surface area contributed by atoms with Gasteiger partial charge in [-0.2, -0.15) is 15.0 Å². The fourth-order valence-corrected chi connectivity index (χ4v) is 4.33. The topological polar surface area (TPSA) is 81.2 Å². The minimum Gasteiger partial charge on any atom is -0.359 e. The first kappa shape index (κ1) is 18.5. The summed E-state index contributed by atoms with van der Waals surface area (Å²) in [5, 5.41) is 4.00. The minimum absolute atomic E-state index is 0.472. The van der Waals surface area contributed by atoms with E-state index >= 15 is 0 Å². The van der Waals surface area contributed by atoms with Gasteiger partial charge in [0.25, 0.3) is 0 Å². The summed E-state index contributed by atoms with van der Waals surface area (Å²) in [4.78, 5) is 18.5. The fourth-order valence-electron chi connectivity index (χ4n) is 4.11. The summed E-state index contributed by atoms with van der Waals surface area (Å²) in [6.45, 7) is 4.05. The molecule has 4 rings (SSSR count).